The molecule has 1 aromatic heterocycles. The van der Waals surface area contributed by atoms with Crippen molar-refractivity contribution in [2.75, 3.05) is 25.2 Å². The van der Waals surface area contributed by atoms with Crippen molar-refractivity contribution in [3.05, 3.63) is 11.9 Å². The number of hydrogen-bond acceptors (Lipinski definition) is 5. The van der Waals surface area contributed by atoms with Crippen molar-refractivity contribution in [1.29, 1.82) is 0 Å². The molecule has 1 fully saturated rings. The average Bonchev–Trinajstić information content (AvgIpc) is 2.89. The summed E-state index contributed by atoms with van der Waals surface area (Å²) < 4.78 is 7.71. The zero-order valence-corrected chi connectivity index (χ0v) is 15.1. The van der Waals surface area contributed by atoms with Crippen LogP contribution in [-0.2, 0) is 6.54 Å². The highest BCUT2D eigenvalue weighted by Crippen LogP contribution is 2.41. The number of aryl methyl sites for hydroxylation is 1. The third kappa shape index (κ3) is 3.90. The van der Waals surface area contributed by atoms with Gasteiger partial charge in [0, 0.05) is 28.6 Å². The molecule has 0 spiro atoms. The van der Waals surface area contributed by atoms with Gasteiger partial charge in [0.05, 0.1) is 25.0 Å². The van der Waals surface area contributed by atoms with Gasteiger partial charge in [0.1, 0.15) is 0 Å². The molecule has 4 nitrogen and oxygen atoms in total. The van der Waals surface area contributed by atoms with Crippen molar-refractivity contribution in [3.63, 3.8) is 0 Å². The van der Waals surface area contributed by atoms with E-state index in [2.05, 4.69) is 59.4 Å². The monoisotopic (exact) mass is 329 g/mol. The molecule has 3 atom stereocenters. The van der Waals surface area contributed by atoms with E-state index < -0.39 is 0 Å². The zero-order chi connectivity index (χ0) is 15.2. The molecular weight excluding hydrogens is 302 g/mol. The number of aromatic nitrogens is 2. The van der Waals surface area contributed by atoms with Crippen molar-refractivity contribution >= 4 is 23.5 Å². The third-order valence-electron chi connectivity index (χ3n) is 3.78. The lowest BCUT2D eigenvalue weighted by molar-refractivity contribution is 0.387. The Bertz CT molecular complexity index is 439. The molecule has 21 heavy (non-hydrogen) atoms. The van der Waals surface area contributed by atoms with Crippen molar-refractivity contribution in [1.82, 2.24) is 15.1 Å². The lowest BCUT2D eigenvalue weighted by Crippen LogP contribution is -2.39. The van der Waals surface area contributed by atoms with Crippen LogP contribution in [0.2, 0.25) is 0 Å². The molecular formula is C15H27N3OS2. The average molecular weight is 330 g/mol. The molecule has 120 valence electrons. The number of rotatable bonds is 7. The Balaban J connectivity index is 2.34. The molecule has 1 saturated heterocycles. The summed E-state index contributed by atoms with van der Waals surface area (Å²) in [5.74, 6) is 3.40. The van der Waals surface area contributed by atoms with Crippen molar-refractivity contribution in [2.24, 2.45) is 0 Å². The van der Waals surface area contributed by atoms with Crippen LogP contribution >= 0.6 is 23.5 Å². The summed E-state index contributed by atoms with van der Waals surface area (Å²) >= 11 is 4.16. The standard InChI is InChI=1S/C15H27N3OS2/c1-5-7-18-14(12(19-4)10-17-18)13(16-6-2)15-11(3)20-8-9-21-15/h10-11,13,15-16H,5-9H2,1-4H3. The van der Waals surface area contributed by atoms with E-state index in [4.69, 9.17) is 4.74 Å². The summed E-state index contributed by atoms with van der Waals surface area (Å²) in [6.45, 7) is 8.61. The van der Waals surface area contributed by atoms with Gasteiger partial charge in [0.2, 0.25) is 0 Å². The minimum Gasteiger partial charge on any atom is -0.493 e. The number of thioether (sulfide) groups is 2. The van der Waals surface area contributed by atoms with Gasteiger partial charge >= 0.3 is 0 Å². The van der Waals surface area contributed by atoms with Crippen LogP contribution in [-0.4, -0.2) is 45.4 Å². The summed E-state index contributed by atoms with van der Waals surface area (Å²) in [5.41, 5.74) is 1.22. The Morgan fingerprint density at radius 1 is 1.43 bits per heavy atom. The maximum absolute atomic E-state index is 5.59. The van der Waals surface area contributed by atoms with Crippen LogP contribution < -0.4 is 10.1 Å². The van der Waals surface area contributed by atoms with Gasteiger partial charge in [-0.1, -0.05) is 20.8 Å². The molecule has 2 rings (SSSR count). The largest absolute Gasteiger partial charge is 0.493 e. The fraction of sp³-hybridized carbons (Fsp3) is 0.800. The van der Waals surface area contributed by atoms with E-state index in [9.17, 15) is 0 Å². The van der Waals surface area contributed by atoms with Gasteiger partial charge in [-0.3, -0.25) is 4.68 Å². The molecule has 6 heteroatoms. The van der Waals surface area contributed by atoms with Gasteiger partial charge < -0.3 is 10.1 Å². The van der Waals surface area contributed by atoms with E-state index in [0.29, 0.717) is 16.5 Å². The number of ether oxygens (including phenoxy) is 1. The molecule has 2 heterocycles. The molecule has 0 bridgehead atoms. The van der Waals surface area contributed by atoms with Crippen LogP contribution in [0.25, 0.3) is 0 Å². The van der Waals surface area contributed by atoms with Crippen LogP contribution in [0.1, 0.15) is 38.9 Å². The fourth-order valence-corrected chi connectivity index (χ4v) is 5.76. The maximum Gasteiger partial charge on any atom is 0.161 e. The predicted octanol–water partition coefficient (Wildman–Crippen LogP) is 3.19. The SMILES string of the molecule is CCCn1ncc(OC)c1C(NCC)C1SCCSC1C. The minimum atomic E-state index is 0.298. The highest BCUT2D eigenvalue weighted by Gasteiger charge is 2.34. The molecule has 1 aliphatic rings. The summed E-state index contributed by atoms with van der Waals surface area (Å²) in [6.07, 6.45) is 2.94. The molecule has 1 N–H and O–H groups in total. The Kier molecular flexibility index (Phi) is 6.76. The zero-order valence-electron chi connectivity index (χ0n) is 13.5. The van der Waals surface area contributed by atoms with Crippen molar-refractivity contribution in [3.8, 4) is 5.75 Å². The summed E-state index contributed by atoms with van der Waals surface area (Å²) in [6, 6.07) is 0.298. The number of methoxy groups -OCH3 is 1. The van der Waals surface area contributed by atoms with Crippen LogP contribution in [0, 0.1) is 0 Å². The first kappa shape index (κ1) is 17.0. The molecule has 3 unspecified atom stereocenters. The quantitative estimate of drug-likeness (QED) is 0.832. The van der Waals surface area contributed by atoms with Crippen molar-refractivity contribution in [2.45, 2.75) is 50.3 Å². The van der Waals surface area contributed by atoms with Gasteiger partial charge in [-0.2, -0.15) is 28.6 Å². The maximum atomic E-state index is 5.59. The van der Waals surface area contributed by atoms with Gasteiger partial charge in [0.15, 0.2) is 5.75 Å². The number of nitrogens with one attached hydrogen (secondary N) is 1. The minimum absolute atomic E-state index is 0.298. The second-order valence-electron chi connectivity index (χ2n) is 5.27. The van der Waals surface area contributed by atoms with Crippen LogP contribution in [0.15, 0.2) is 6.20 Å². The van der Waals surface area contributed by atoms with E-state index in [1.807, 2.05) is 6.20 Å². The Morgan fingerprint density at radius 3 is 2.81 bits per heavy atom. The Hall–Kier alpha value is -0.330. The Labute approximate surface area is 136 Å². The lowest BCUT2D eigenvalue weighted by atomic mass is 10.1. The van der Waals surface area contributed by atoms with E-state index in [1.165, 1.54) is 17.2 Å². The first-order valence-corrected chi connectivity index (χ1v) is 9.88. The van der Waals surface area contributed by atoms with Gasteiger partial charge in [-0.15, -0.1) is 0 Å². The second kappa shape index (κ2) is 8.34. The number of hydrogen-bond donors (Lipinski definition) is 1. The van der Waals surface area contributed by atoms with Crippen LogP contribution in [0.4, 0.5) is 0 Å². The molecule has 0 aromatic carbocycles. The molecule has 0 radical (unpaired) electrons. The normalized spacial score (nSPS) is 24.0. The summed E-state index contributed by atoms with van der Waals surface area (Å²) in [7, 11) is 1.74. The second-order valence-corrected chi connectivity index (χ2v) is 8.04. The van der Waals surface area contributed by atoms with E-state index in [1.54, 1.807) is 7.11 Å². The van der Waals surface area contributed by atoms with Gasteiger partial charge in [-0.25, -0.2) is 0 Å². The molecule has 1 aromatic rings. The topological polar surface area (TPSA) is 39.1 Å². The number of nitrogens with zero attached hydrogens (tertiary/aromatic N) is 2. The molecule has 0 saturated carbocycles. The van der Waals surface area contributed by atoms with E-state index >= 15 is 0 Å². The predicted molar refractivity (Wildman–Crippen MR) is 93.7 cm³/mol. The smallest absolute Gasteiger partial charge is 0.161 e. The van der Waals surface area contributed by atoms with Crippen LogP contribution in [0.5, 0.6) is 5.75 Å². The molecule has 1 aliphatic heterocycles. The van der Waals surface area contributed by atoms with Crippen LogP contribution in [0.3, 0.4) is 0 Å². The highest BCUT2D eigenvalue weighted by atomic mass is 32.2. The van der Waals surface area contributed by atoms with Gasteiger partial charge in [-0.05, 0) is 13.0 Å². The first-order valence-electron chi connectivity index (χ1n) is 7.79. The third-order valence-corrected chi connectivity index (χ3v) is 6.98. The molecule has 0 aliphatic carbocycles. The Morgan fingerprint density at radius 2 is 2.19 bits per heavy atom. The summed E-state index contributed by atoms with van der Waals surface area (Å²) in [4.78, 5) is 0. The van der Waals surface area contributed by atoms with E-state index in [-0.39, 0.29) is 0 Å². The van der Waals surface area contributed by atoms with Crippen molar-refractivity contribution < 1.29 is 4.74 Å². The first-order chi connectivity index (χ1) is 10.2. The molecule has 0 amide bonds. The highest BCUT2D eigenvalue weighted by molar-refractivity contribution is 8.07. The fourth-order valence-electron chi connectivity index (χ4n) is 2.84. The van der Waals surface area contributed by atoms with E-state index in [0.717, 1.165) is 25.3 Å². The lowest BCUT2D eigenvalue weighted by Gasteiger charge is -2.35. The summed E-state index contributed by atoms with van der Waals surface area (Å²) in [5, 5.41) is 9.42. The van der Waals surface area contributed by atoms with Gasteiger partial charge in [0.25, 0.3) is 0 Å².